The molecule has 6 nitrogen and oxygen atoms in total. The maximum atomic E-state index is 12.9. The van der Waals surface area contributed by atoms with Crippen LogP contribution in [0.1, 0.15) is 12.5 Å². The molecule has 27 heavy (non-hydrogen) atoms. The molecular weight excluding hydrogens is 340 g/mol. The third kappa shape index (κ3) is 4.11. The smallest absolute Gasteiger partial charge is 0.329 e. The van der Waals surface area contributed by atoms with E-state index in [4.69, 9.17) is 5.73 Å². The molecule has 0 spiro atoms. The average Bonchev–Trinajstić information content (AvgIpc) is 2.97. The van der Waals surface area contributed by atoms with E-state index in [9.17, 15) is 9.59 Å². The fraction of sp³-hybridized carbons (Fsp3) is 0.333. The Kier molecular flexibility index (Phi) is 6.08. The molecule has 2 aromatic carbocycles. The Morgan fingerprint density at radius 1 is 0.963 bits per heavy atom. The Balaban J connectivity index is 1.81. The first-order chi connectivity index (χ1) is 13.2. The predicted molar refractivity (Wildman–Crippen MR) is 108 cm³/mol. The molecule has 0 unspecified atom stereocenters. The molecule has 0 bridgehead atoms. The van der Waals surface area contributed by atoms with Crippen LogP contribution in [-0.2, 0) is 24.3 Å². The van der Waals surface area contributed by atoms with Gasteiger partial charge in [0.2, 0.25) is 5.91 Å². The number of benzene rings is 2. The molecule has 3 aromatic rings. The van der Waals surface area contributed by atoms with Gasteiger partial charge in [0.1, 0.15) is 6.54 Å². The number of nitrogens with two attached hydrogens (primary N) is 1. The Hall–Kier alpha value is -2.86. The van der Waals surface area contributed by atoms with Crippen molar-refractivity contribution in [3.05, 3.63) is 70.6 Å². The van der Waals surface area contributed by atoms with Gasteiger partial charge in [0.25, 0.3) is 0 Å². The SMILES string of the molecule is CCn1c(=O)n(CC(=O)N(CCN)CCc2ccccc2)c2ccccc21. The second-order valence-corrected chi connectivity index (χ2v) is 6.51. The Morgan fingerprint density at radius 2 is 1.59 bits per heavy atom. The lowest BCUT2D eigenvalue weighted by Crippen LogP contribution is -2.40. The molecule has 0 aliphatic carbocycles. The van der Waals surface area contributed by atoms with E-state index in [1.807, 2.05) is 61.5 Å². The van der Waals surface area contributed by atoms with Crippen LogP contribution in [0, 0.1) is 0 Å². The van der Waals surface area contributed by atoms with Crippen molar-refractivity contribution in [3.63, 3.8) is 0 Å². The minimum Gasteiger partial charge on any atom is -0.340 e. The van der Waals surface area contributed by atoms with Gasteiger partial charge in [-0.3, -0.25) is 13.9 Å². The van der Waals surface area contributed by atoms with E-state index in [0.29, 0.717) is 26.2 Å². The van der Waals surface area contributed by atoms with Crippen LogP contribution < -0.4 is 11.4 Å². The number of para-hydroxylation sites is 2. The van der Waals surface area contributed by atoms with Crippen LogP contribution in [0.2, 0.25) is 0 Å². The molecule has 3 rings (SSSR count). The summed E-state index contributed by atoms with van der Waals surface area (Å²) >= 11 is 0. The number of carbonyl (C=O) groups excluding carboxylic acids is 1. The summed E-state index contributed by atoms with van der Waals surface area (Å²) in [6.07, 6.45) is 0.762. The van der Waals surface area contributed by atoms with Gasteiger partial charge < -0.3 is 10.6 Å². The van der Waals surface area contributed by atoms with Gasteiger partial charge in [-0.2, -0.15) is 0 Å². The Labute approximate surface area is 158 Å². The van der Waals surface area contributed by atoms with Crippen molar-refractivity contribution in [2.24, 2.45) is 5.73 Å². The van der Waals surface area contributed by atoms with Crippen molar-refractivity contribution >= 4 is 16.9 Å². The second-order valence-electron chi connectivity index (χ2n) is 6.51. The lowest BCUT2D eigenvalue weighted by Gasteiger charge is -2.22. The maximum absolute atomic E-state index is 12.9. The molecule has 1 heterocycles. The van der Waals surface area contributed by atoms with E-state index in [-0.39, 0.29) is 18.1 Å². The lowest BCUT2D eigenvalue weighted by atomic mass is 10.1. The summed E-state index contributed by atoms with van der Waals surface area (Å²) in [5.74, 6) is -0.0857. The number of aryl methyl sites for hydroxylation is 1. The number of hydrogen-bond donors (Lipinski definition) is 1. The molecule has 0 aliphatic rings. The van der Waals surface area contributed by atoms with Gasteiger partial charge in [-0.25, -0.2) is 4.79 Å². The van der Waals surface area contributed by atoms with E-state index in [0.717, 1.165) is 17.5 Å². The van der Waals surface area contributed by atoms with E-state index in [1.165, 1.54) is 5.56 Å². The molecule has 2 N–H and O–H groups in total. The van der Waals surface area contributed by atoms with Gasteiger partial charge in [-0.05, 0) is 31.0 Å². The van der Waals surface area contributed by atoms with E-state index >= 15 is 0 Å². The number of amides is 1. The van der Waals surface area contributed by atoms with Gasteiger partial charge in [-0.15, -0.1) is 0 Å². The van der Waals surface area contributed by atoms with Gasteiger partial charge in [0.15, 0.2) is 0 Å². The first-order valence-electron chi connectivity index (χ1n) is 9.35. The molecule has 0 aliphatic heterocycles. The highest BCUT2D eigenvalue weighted by Gasteiger charge is 2.18. The summed E-state index contributed by atoms with van der Waals surface area (Å²) in [4.78, 5) is 27.4. The van der Waals surface area contributed by atoms with Crippen LogP contribution in [0.25, 0.3) is 11.0 Å². The molecule has 0 saturated carbocycles. The minimum atomic E-state index is -0.150. The summed E-state index contributed by atoms with van der Waals surface area (Å²) < 4.78 is 3.26. The molecule has 1 amide bonds. The van der Waals surface area contributed by atoms with Crippen LogP contribution in [0.15, 0.2) is 59.4 Å². The third-order valence-electron chi connectivity index (χ3n) is 4.80. The number of imidazole rings is 1. The highest BCUT2D eigenvalue weighted by molar-refractivity contribution is 5.81. The zero-order valence-electron chi connectivity index (χ0n) is 15.7. The summed E-state index contributed by atoms with van der Waals surface area (Å²) in [5.41, 5.74) is 8.37. The van der Waals surface area contributed by atoms with Crippen LogP contribution in [0.4, 0.5) is 0 Å². The van der Waals surface area contributed by atoms with E-state index in [2.05, 4.69) is 0 Å². The van der Waals surface area contributed by atoms with Gasteiger partial charge in [-0.1, -0.05) is 42.5 Å². The average molecular weight is 366 g/mol. The van der Waals surface area contributed by atoms with Crippen molar-refractivity contribution in [1.29, 1.82) is 0 Å². The zero-order chi connectivity index (χ0) is 19.2. The van der Waals surface area contributed by atoms with Gasteiger partial charge in [0.05, 0.1) is 11.0 Å². The minimum absolute atomic E-state index is 0.0289. The lowest BCUT2D eigenvalue weighted by molar-refractivity contribution is -0.131. The highest BCUT2D eigenvalue weighted by atomic mass is 16.2. The number of aromatic nitrogens is 2. The summed E-state index contributed by atoms with van der Waals surface area (Å²) in [6.45, 7) is 3.99. The number of nitrogens with zero attached hydrogens (tertiary/aromatic N) is 3. The monoisotopic (exact) mass is 366 g/mol. The molecule has 0 fully saturated rings. The fourth-order valence-electron chi connectivity index (χ4n) is 3.39. The number of hydrogen-bond acceptors (Lipinski definition) is 3. The Bertz CT molecular complexity index is 959. The Morgan fingerprint density at radius 3 is 2.22 bits per heavy atom. The molecule has 6 heteroatoms. The van der Waals surface area contributed by atoms with Crippen molar-refractivity contribution in [2.45, 2.75) is 26.4 Å². The van der Waals surface area contributed by atoms with Crippen molar-refractivity contribution in [2.75, 3.05) is 19.6 Å². The summed E-state index contributed by atoms with van der Waals surface area (Å²) in [7, 11) is 0. The highest BCUT2D eigenvalue weighted by Crippen LogP contribution is 2.13. The van der Waals surface area contributed by atoms with Crippen molar-refractivity contribution in [3.8, 4) is 0 Å². The van der Waals surface area contributed by atoms with Crippen LogP contribution in [-0.4, -0.2) is 39.6 Å². The standard InChI is InChI=1S/C21H26N4O2/c1-2-24-18-10-6-7-11-19(18)25(21(24)27)16-20(26)23(15-13-22)14-12-17-8-4-3-5-9-17/h3-11H,2,12-16,22H2,1H3. The molecule has 0 radical (unpaired) electrons. The van der Waals surface area contributed by atoms with Gasteiger partial charge in [0, 0.05) is 26.2 Å². The van der Waals surface area contributed by atoms with Crippen molar-refractivity contribution < 1.29 is 4.79 Å². The number of carbonyl (C=O) groups is 1. The molecule has 0 atom stereocenters. The first-order valence-corrected chi connectivity index (χ1v) is 9.35. The van der Waals surface area contributed by atoms with Crippen molar-refractivity contribution in [1.82, 2.24) is 14.0 Å². The zero-order valence-corrected chi connectivity index (χ0v) is 15.7. The fourth-order valence-corrected chi connectivity index (χ4v) is 3.39. The first kappa shape index (κ1) is 18.9. The quantitative estimate of drug-likeness (QED) is 0.661. The number of rotatable bonds is 8. The molecule has 0 saturated heterocycles. The predicted octanol–water partition coefficient (Wildman–Crippen LogP) is 1.85. The third-order valence-corrected chi connectivity index (χ3v) is 4.80. The molecular formula is C21H26N4O2. The van der Waals surface area contributed by atoms with E-state index in [1.54, 1.807) is 14.0 Å². The normalized spacial score (nSPS) is 11.0. The van der Waals surface area contributed by atoms with Crippen LogP contribution in [0.5, 0.6) is 0 Å². The van der Waals surface area contributed by atoms with Crippen LogP contribution >= 0.6 is 0 Å². The van der Waals surface area contributed by atoms with Crippen LogP contribution in [0.3, 0.4) is 0 Å². The molecule has 1 aromatic heterocycles. The number of fused-ring (bicyclic) bond motifs is 1. The summed E-state index contributed by atoms with van der Waals surface area (Å²) in [6, 6.07) is 17.6. The van der Waals surface area contributed by atoms with E-state index < -0.39 is 0 Å². The van der Waals surface area contributed by atoms with Gasteiger partial charge >= 0.3 is 5.69 Å². The maximum Gasteiger partial charge on any atom is 0.329 e. The largest absolute Gasteiger partial charge is 0.340 e. The molecule has 142 valence electrons. The second kappa shape index (κ2) is 8.68. The topological polar surface area (TPSA) is 73.3 Å². The summed E-state index contributed by atoms with van der Waals surface area (Å²) in [5, 5.41) is 0.